The summed E-state index contributed by atoms with van der Waals surface area (Å²) in [6, 6.07) is 5.99. The summed E-state index contributed by atoms with van der Waals surface area (Å²) in [5.41, 5.74) is 0. The van der Waals surface area contributed by atoms with Crippen LogP contribution in [-0.4, -0.2) is 26.2 Å². The highest BCUT2D eigenvalue weighted by Crippen LogP contribution is 2.15. The molecule has 17 heavy (non-hydrogen) atoms. The molecule has 0 saturated carbocycles. The lowest BCUT2D eigenvalue weighted by molar-refractivity contribution is 0.129. The molecule has 0 aliphatic carbocycles. The third kappa shape index (κ3) is 4.27. The molecule has 2 N–H and O–H groups in total. The van der Waals surface area contributed by atoms with E-state index in [1.165, 1.54) is 12.1 Å². The van der Waals surface area contributed by atoms with Crippen LogP contribution >= 0.6 is 11.6 Å². The lowest BCUT2D eigenvalue weighted by atomic mass is 10.1. The maximum atomic E-state index is 11.8. The zero-order valence-corrected chi connectivity index (χ0v) is 11.3. The van der Waals surface area contributed by atoms with E-state index in [4.69, 9.17) is 11.6 Å². The van der Waals surface area contributed by atoms with E-state index in [-0.39, 0.29) is 17.4 Å². The van der Waals surface area contributed by atoms with Crippen LogP contribution in [0.3, 0.4) is 0 Å². The van der Waals surface area contributed by atoms with Gasteiger partial charge in [0, 0.05) is 11.6 Å². The Hall–Kier alpha value is -0.620. The van der Waals surface area contributed by atoms with E-state index in [0.29, 0.717) is 5.02 Å². The standard InChI is InChI=1S/C11H16ClNO3S/c1-8(2)11(14)7-13-17(15,16)10-5-3-4-9(12)6-10/h3-6,8,11,13-14H,7H2,1-2H3. The van der Waals surface area contributed by atoms with Gasteiger partial charge in [0.05, 0.1) is 11.0 Å². The summed E-state index contributed by atoms with van der Waals surface area (Å²) in [6.07, 6.45) is -0.705. The first-order valence-electron chi connectivity index (χ1n) is 5.26. The molecule has 0 bridgehead atoms. The molecule has 1 rings (SSSR count). The first kappa shape index (κ1) is 14.4. The van der Waals surface area contributed by atoms with Crippen molar-refractivity contribution in [3.05, 3.63) is 29.3 Å². The first-order valence-corrected chi connectivity index (χ1v) is 7.12. The van der Waals surface area contributed by atoms with Gasteiger partial charge >= 0.3 is 0 Å². The van der Waals surface area contributed by atoms with Gasteiger partial charge in [0.15, 0.2) is 0 Å². The lowest BCUT2D eigenvalue weighted by Gasteiger charge is -2.15. The van der Waals surface area contributed by atoms with Crippen LogP contribution in [0.25, 0.3) is 0 Å². The summed E-state index contributed by atoms with van der Waals surface area (Å²) >= 11 is 5.72. The van der Waals surface area contributed by atoms with Gasteiger partial charge in [-0.1, -0.05) is 31.5 Å². The van der Waals surface area contributed by atoms with Crippen LogP contribution in [-0.2, 0) is 10.0 Å². The van der Waals surface area contributed by atoms with Crippen LogP contribution in [0.15, 0.2) is 29.2 Å². The molecule has 0 fully saturated rings. The summed E-state index contributed by atoms with van der Waals surface area (Å²) in [5, 5.41) is 9.90. The monoisotopic (exact) mass is 277 g/mol. The Morgan fingerprint density at radius 2 is 2.06 bits per heavy atom. The largest absolute Gasteiger partial charge is 0.391 e. The summed E-state index contributed by atoms with van der Waals surface area (Å²) in [6.45, 7) is 3.63. The zero-order chi connectivity index (χ0) is 13.1. The molecule has 0 spiro atoms. The smallest absolute Gasteiger partial charge is 0.240 e. The molecule has 0 aliphatic rings. The number of hydrogen-bond acceptors (Lipinski definition) is 3. The van der Waals surface area contributed by atoms with Crippen molar-refractivity contribution < 1.29 is 13.5 Å². The number of halogens is 1. The molecule has 1 atom stereocenters. The molecule has 1 aromatic carbocycles. The van der Waals surface area contributed by atoms with Crippen molar-refractivity contribution in [3.8, 4) is 0 Å². The van der Waals surface area contributed by atoms with Gasteiger partial charge in [-0.05, 0) is 24.1 Å². The number of aliphatic hydroxyl groups excluding tert-OH is 1. The molecular weight excluding hydrogens is 262 g/mol. The van der Waals surface area contributed by atoms with Gasteiger partial charge in [-0.2, -0.15) is 0 Å². The van der Waals surface area contributed by atoms with Crippen LogP contribution in [0.1, 0.15) is 13.8 Å². The van der Waals surface area contributed by atoms with Gasteiger partial charge in [-0.25, -0.2) is 13.1 Å². The van der Waals surface area contributed by atoms with E-state index < -0.39 is 16.1 Å². The number of aliphatic hydroxyl groups is 1. The molecular formula is C11H16ClNO3S. The van der Waals surface area contributed by atoms with Crippen LogP contribution in [0.5, 0.6) is 0 Å². The Morgan fingerprint density at radius 3 is 2.59 bits per heavy atom. The third-order valence-corrected chi connectivity index (χ3v) is 4.01. The maximum absolute atomic E-state index is 11.8. The molecule has 96 valence electrons. The molecule has 0 aliphatic heterocycles. The SMILES string of the molecule is CC(C)C(O)CNS(=O)(=O)c1cccc(Cl)c1. The number of sulfonamides is 1. The maximum Gasteiger partial charge on any atom is 0.240 e. The summed E-state index contributed by atoms with van der Waals surface area (Å²) in [4.78, 5) is 0.0981. The minimum absolute atomic E-state index is 0.00272. The van der Waals surface area contributed by atoms with Crippen molar-refractivity contribution in [3.63, 3.8) is 0 Å². The molecule has 4 nitrogen and oxygen atoms in total. The predicted molar refractivity (Wildman–Crippen MR) is 67.5 cm³/mol. The number of benzene rings is 1. The molecule has 0 saturated heterocycles. The number of hydrogen-bond donors (Lipinski definition) is 2. The lowest BCUT2D eigenvalue weighted by Crippen LogP contribution is -2.34. The van der Waals surface area contributed by atoms with Crippen molar-refractivity contribution in [2.75, 3.05) is 6.54 Å². The minimum Gasteiger partial charge on any atom is -0.391 e. The Labute approximate surface area is 107 Å². The topological polar surface area (TPSA) is 66.4 Å². The zero-order valence-electron chi connectivity index (χ0n) is 9.72. The van der Waals surface area contributed by atoms with Gasteiger partial charge in [0.2, 0.25) is 10.0 Å². The molecule has 0 amide bonds. The fourth-order valence-electron chi connectivity index (χ4n) is 1.15. The van der Waals surface area contributed by atoms with Crippen LogP contribution in [0.4, 0.5) is 0 Å². The van der Waals surface area contributed by atoms with E-state index in [1.807, 2.05) is 13.8 Å². The average molecular weight is 278 g/mol. The molecule has 0 aromatic heterocycles. The second-order valence-electron chi connectivity index (χ2n) is 4.12. The van der Waals surface area contributed by atoms with Crippen LogP contribution < -0.4 is 4.72 Å². The molecule has 1 unspecified atom stereocenters. The average Bonchev–Trinajstić information content (AvgIpc) is 2.26. The van der Waals surface area contributed by atoms with Gasteiger partial charge in [0.1, 0.15) is 0 Å². The highest BCUT2D eigenvalue weighted by molar-refractivity contribution is 7.89. The predicted octanol–water partition coefficient (Wildman–Crippen LogP) is 1.64. The van der Waals surface area contributed by atoms with E-state index in [0.717, 1.165) is 0 Å². The number of rotatable bonds is 5. The van der Waals surface area contributed by atoms with Gasteiger partial charge < -0.3 is 5.11 Å². The van der Waals surface area contributed by atoms with E-state index in [2.05, 4.69) is 4.72 Å². The minimum atomic E-state index is -3.61. The highest BCUT2D eigenvalue weighted by atomic mass is 35.5. The van der Waals surface area contributed by atoms with Crippen molar-refractivity contribution in [2.45, 2.75) is 24.8 Å². The third-order valence-electron chi connectivity index (χ3n) is 2.36. The Bertz CT molecular complexity index is 473. The summed E-state index contributed by atoms with van der Waals surface area (Å²) in [5.74, 6) is -0.00272. The van der Waals surface area contributed by atoms with E-state index in [1.54, 1.807) is 12.1 Å². The highest BCUT2D eigenvalue weighted by Gasteiger charge is 2.17. The Balaban J connectivity index is 2.76. The summed E-state index contributed by atoms with van der Waals surface area (Å²) < 4.78 is 26.0. The van der Waals surface area contributed by atoms with Crippen LogP contribution in [0, 0.1) is 5.92 Å². The Kier molecular flexibility index (Phi) is 4.94. The van der Waals surface area contributed by atoms with E-state index in [9.17, 15) is 13.5 Å². The molecule has 6 heteroatoms. The quantitative estimate of drug-likeness (QED) is 0.860. The van der Waals surface area contributed by atoms with Crippen molar-refractivity contribution in [1.82, 2.24) is 4.72 Å². The van der Waals surface area contributed by atoms with Gasteiger partial charge in [-0.3, -0.25) is 0 Å². The molecule has 0 heterocycles. The van der Waals surface area contributed by atoms with Crippen molar-refractivity contribution in [2.24, 2.45) is 5.92 Å². The van der Waals surface area contributed by atoms with E-state index >= 15 is 0 Å². The second-order valence-corrected chi connectivity index (χ2v) is 6.32. The fourth-order valence-corrected chi connectivity index (χ4v) is 2.50. The van der Waals surface area contributed by atoms with Crippen molar-refractivity contribution >= 4 is 21.6 Å². The Morgan fingerprint density at radius 1 is 1.41 bits per heavy atom. The van der Waals surface area contributed by atoms with Crippen molar-refractivity contribution in [1.29, 1.82) is 0 Å². The fraction of sp³-hybridized carbons (Fsp3) is 0.455. The van der Waals surface area contributed by atoms with Gasteiger partial charge in [0.25, 0.3) is 0 Å². The normalized spacial score (nSPS) is 13.9. The van der Waals surface area contributed by atoms with Crippen LogP contribution in [0.2, 0.25) is 5.02 Å². The summed E-state index contributed by atoms with van der Waals surface area (Å²) in [7, 11) is -3.61. The second kappa shape index (κ2) is 5.82. The van der Waals surface area contributed by atoms with Gasteiger partial charge in [-0.15, -0.1) is 0 Å². The number of nitrogens with one attached hydrogen (secondary N) is 1. The first-order chi connectivity index (χ1) is 7.83. The molecule has 1 aromatic rings. The molecule has 0 radical (unpaired) electrons.